The second kappa shape index (κ2) is 7.91. The second-order valence-electron chi connectivity index (χ2n) is 12.2. The third kappa shape index (κ3) is 3.46. The van der Waals surface area contributed by atoms with E-state index in [1.54, 1.807) is 0 Å². The molecule has 9 atom stereocenters. The van der Waals surface area contributed by atoms with Crippen molar-refractivity contribution in [2.75, 3.05) is 0 Å². The van der Waals surface area contributed by atoms with Gasteiger partial charge in [-0.05, 0) is 97.4 Å². The largest absolute Gasteiger partial charge is 0.393 e. The molecule has 2 heteroatoms. The Kier molecular flexibility index (Phi) is 5.88. The van der Waals surface area contributed by atoms with Gasteiger partial charge in [-0.15, -0.1) is 0 Å². The highest BCUT2D eigenvalue weighted by atomic mass is 16.3. The number of allylic oxidation sites excluding steroid dienone is 3. The standard InChI is InChI=1S/C28H44O2/c1-17(2)18(3)7-8-19(4)22-9-10-23-26-24(12-14-28(22,23)6)27(5)13-11-21(29)15-20(27)16-25(26)30/h7-8,16-19,21-24,26,29H,9-15H2,1-6H3/t18-,19+,21?,22+,23-,24-,26-,27-,28+/m0/s1. The molecule has 0 radical (unpaired) electrons. The molecule has 3 fully saturated rings. The Labute approximate surface area is 184 Å². The van der Waals surface area contributed by atoms with E-state index >= 15 is 0 Å². The summed E-state index contributed by atoms with van der Waals surface area (Å²) in [4.78, 5) is 13.4. The lowest BCUT2D eigenvalue weighted by atomic mass is 9.46. The average molecular weight is 413 g/mol. The van der Waals surface area contributed by atoms with Crippen molar-refractivity contribution in [1.82, 2.24) is 0 Å². The van der Waals surface area contributed by atoms with Crippen LogP contribution in [0.1, 0.15) is 86.5 Å². The Morgan fingerprint density at radius 3 is 2.43 bits per heavy atom. The summed E-state index contributed by atoms with van der Waals surface area (Å²) in [5.74, 6) is 4.21. The molecule has 4 rings (SSSR count). The van der Waals surface area contributed by atoms with Gasteiger partial charge < -0.3 is 5.11 Å². The molecular weight excluding hydrogens is 368 g/mol. The van der Waals surface area contributed by atoms with Crippen molar-refractivity contribution in [3.63, 3.8) is 0 Å². The Balaban J connectivity index is 1.58. The van der Waals surface area contributed by atoms with Crippen LogP contribution in [0.2, 0.25) is 0 Å². The van der Waals surface area contributed by atoms with Gasteiger partial charge >= 0.3 is 0 Å². The van der Waals surface area contributed by atoms with Gasteiger partial charge in [-0.3, -0.25) is 4.79 Å². The molecule has 1 unspecified atom stereocenters. The molecule has 4 aliphatic carbocycles. The van der Waals surface area contributed by atoms with Crippen molar-refractivity contribution >= 4 is 5.78 Å². The summed E-state index contributed by atoms with van der Waals surface area (Å²) < 4.78 is 0. The first-order chi connectivity index (χ1) is 14.1. The molecule has 0 aromatic rings. The molecule has 0 aromatic heterocycles. The molecule has 3 saturated carbocycles. The average Bonchev–Trinajstić information content (AvgIpc) is 3.04. The normalized spacial score (nSPS) is 45.7. The second-order valence-corrected chi connectivity index (χ2v) is 12.2. The third-order valence-corrected chi connectivity index (χ3v) is 10.4. The van der Waals surface area contributed by atoms with Gasteiger partial charge in [0.1, 0.15) is 0 Å². The van der Waals surface area contributed by atoms with E-state index in [-0.39, 0.29) is 22.9 Å². The summed E-state index contributed by atoms with van der Waals surface area (Å²) in [5.41, 5.74) is 1.68. The Hall–Kier alpha value is -0.890. The van der Waals surface area contributed by atoms with Crippen LogP contribution < -0.4 is 0 Å². The van der Waals surface area contributed by atoms with Gasteiger partial charge in [-0.1, -0.05) is 59.3 Å². The number of fused-ring (bicyclic) bond motifs is 5. The van der Waals surface area contributed by atoms with Crippen LogP contribution in [0, 0.1) is 52.3 Å². The van der Waals surface area contributed by atoms with Crippen LogP contribution in [-0.4, -0.2) is 17.0 Å². The van der Waals surface area contributed by atoms with Crippen LogP contribution in [0.25, 0.3) is 0 Å². The molecule has 168 valence electrons. The van der Waals surface area contributed by atoms with Crippen molar-refractivity contribution in [2.45, 2.75) is 92.6 Å². The SMILES string of the molecule is CC(C)[C@@H](C)C=C[C@@H](C)[C@H]1CC[C@H]2[C@@H]3C(=O)C=C4CC(O)CC[C@]4(C)[C@H]3CC[C@]12C. The van der Waals surface area contributed by atoms with Crippen molar-refractivity contribution in [3.05, 3.63) is 23.8 Å². The fourth-order valence-electron chi connectivity index (χ4n) is 7.99. The summed E-state index contributed by atoms with van der Waals surface area (Å²) >= 11 is 0. The number of rotatable bonds is 4. The van der Waals surface area contributed by atoms with Gasteiger partial charge in [0.15, 0.2) is 5.78 Å². The molecule has 30 heavy (non-hydrogen) atoms. The number of aliphatic hydroxyl groups excluding tert-OH is 1. The zero-order valence-electron chi connectivity index (χ0n) is 20.2. The molecular formula is C28H44O2. The molecule has 2 nitrogen and oxygen atoms in total. The van der Waals surface area contributed by atoms with Crippen LogP contribution in [0.15, 0.2) is 23.8 Å². The predicted molar refractivity (Wildman–Crippen MR) is 124 cm³/mol. The van der Waals surface area contributed by atoms with E-state index in [4.69, 9.17) is 0 Å². The minimum Gasteiger partial charge on any atom is -0.393 e. The molecule has 0 saturated heterocycles. The van der Waals surface area contributed by atoms with E-state index < -0.39 is 0 Å². The number of aliphatic hydroxyl groups is 1. The number of carbonyl (C=O) groups is 1. The highest BCUT2D eigenvalue weighted by molar-refractivity contribution is 5.94. The maximum Gasteiger partial charge on any atom is 0.159 e. The smallest absolute Gasteiger partial charge is 0.159 e. The van der Waals surface area contributed by atoms with Gasteiger partial charge in [0.25, 0.3) is 0 Å². The van der Waals surface area contributed by atoms with E-state index in [0.29, 0.717) is 47.7 Å². The monoisotopic (exact) mass is 412 g/mol. The van der Waals surface area contributed by atoms with E-state index in [1.165, 1.54) is 31.3 Å². The van der Waals surface area contributed by atoms with Crippen LogP contribution in [-0.2, 0) is 4.79 Å². The first kappa shape index (κ1) is 22.3. The minimum atomic E-state index is -0.251. The van der Waals surface area contributed by atoms with E-state index in [2.05, 4.69) is 53.7 Å². The van der Waals surface area contributed by atoms with E-state index in [1.807, 2.05) is 6.08 Å². The predicted octanol–water partition coefficient (Wildman–Crippen LogP) is 6.59. The molecule has 0 amide bonds. The lowest BCUT2D eigenvalue weighted by molar-refractivity contribution is -0.134. The molecule has 1 N–H and O–H groups in total. The molecule has 0 aromatic carbocycles. The number of hydrogen-bond donors (Lipinski definition) is 1. The topological polar surface area (TPSA) is 37.3 Å². The summed E-state index contributed by atoms with van der Waals surface area (Å²) in [6, 6.07) is 0. The summed E-state index contributed by atoms with van der Waals surface area (Å²) in [7, 11) is 0. The van der Waals surface area contributed by atoms with E-state index in [9.17, 15) is 9.90 Å². The van der Waals surface area contributed by atoms with Crippen molar-refractivity contribution in [3.8, 4) is 0 Å². The van der Waals surface area contributed by atoms with Gasteiger partial charge in [-0.25, -0.2) is 0 Å². The van der Waals surface area contributed by atoms with Crippen LogP contribution in [0.4, 0.5) is 0 Å². The van der Waals surface area contributed by atoms with Crippen LogP contribution >= 0.6 is 0 Å². The molecule has 0 spiro atoms. The maximum absolute atomic E-state index is 13.4. The highest BCUT2D eigenvalue weighted by Crippen LogP contribution is 2.66. The molecule has 0 bridgehead atoms. The summed E-state index contributed by atoms with van der Waals surface area (Å²) in [6.07, 6.45) is 14.2. The summed E-state index contributed by atoms with van der Waals surface area (Å²) in [6.45, 7) is 14.3. The Bertz CT molecular complexity index is 733. The van der Waals surface area contributed by atoms with Crippen molar-refractivity contribution in [2.24, 2.45) is 52.3 Å². The fraction of sp³-hybridized carbons (Fsp3) is 0.821. The number of carbonyl (C=O) groups excluding carboxylic acids is 1. The van der Waals surface area contributed by atoms with Gasteiger partial charge in [0.2, 0.25) is 0 Å². The Morgan fingerprint density at radius 2 is 1.73 bits per heavy atom. The van der Waals surface area contributed by atoms with Gasteiger partial charge in [-0.2, -0.15) is 0 Å². The Morgan fingerprint density at radius 1 is 1.00 bits per heavy atom. The minimum absolute atomic E-state index is 0.134. The quantitative estimate of drug-likeness (QED) is 0.529. The molecule has 0 heterocycles. The third-order valence-electron chi connectivity index (χ3n) is 10.4. The maximum atomic E-state index is 13.4. The van der Waals surface area contributed by atoms with Gasteiger partial charge in [0.05, 0.1) is 6.10 Å². The first-order valence-corrected chi connectivity index (χ1v) is 12.7. The van der Waals surface area contributed by atoms with E-state index in [0.717, 1.165) is 12.8 Å². The van der Waals surface area contributed by atoms with Crippen LogP contribution in [0.3, 0.4) is 0 Å². The number of ketones is 1. The zero-order valence-corrected chi connectivity index (χ0v) is 20.2. The zero-order chi connectivity index (χ0) is 21.8. The first-order valence-electron chi connectivity index (χ1n) is 12.7. The highest BCUT2D eigenvalue weighted by Gasteiger charge is 2.61. The molecule has 0 aliphatic heterocycles. The van der Waals surface area contributed by atoms with Crippen LogP contribution in [0.5, 0.6) is 0 Å². The fourth-order valence-corrected chi connectivity index (χ4v) is 7.99. The molecule has 4 aliphatic rings. The van der Waals surface area contributed by atoms with Crippen molar-refractivity contribution < 1.29 is 9.90 Å². The lowest BCUT2D eigenvalue weighted by Crippen LogP contribution is -2.53. The number of hydrogen-bond acceptors (Lipinski definition) is 2. The summed E-state index contributed by atoms with van der Waals surface area (Å²) in [5, 5.41) is 10.2. The van der Waals surface area contributed by atoms with Crippen molar-refractivity contribution in [1.29, 1.82) is 0 Å². The van der Waals surface area contributed by atoms with Gasteiger partial charge in [0, 0.05) is 5.92 Å². The lowest BCUT2D eigenvalue weighted by Gasteiger charge is -2.57.